The molecule has 2 aliphatic carbocycles. The van der Waals surface area contributed by atoms with Gasteiger partial charge in [0.05, 0.1) is 6.42 Å². The van der Waals surface area contributed by atoms with E-state index in [9.17, 15) is 4.79 Å². The van der Waals surface area contributed by atoms with Crippen LogP contribution in [0.1, 0.15) is 52.9 Å². The van der Waals surface area contributed by atoms with Gasteiger partial charge in [0.25, 0.3) is 0 Å². The summed E-state index contributed by atoms with van der Waals surface area (Å²) in [4.78, 5) is 12.2. The second kappa shape index (κ2) is 8.69. The fourth-order valence-corrected chi connectivity index (χ4v) is 6.55. The summed E-state index contributed by atoms with van der Waals surface area (Å²) in [7, 11) is 2.39. The summed E-state index contributed by atoms with van der Waals surface area (Å²) in [6.45, 7) is 8.41. The second-order valence-corrected chi connectivity index (χ2v) is 11.6. The normalized spacial score (nSPS) is 29.9. The first kappa shape index (κ1) is 21.8. The van der Waals surface area contributed by atoms with E-state index < -0.39 is 8.80 Å². The molecule has 0 amide bonds. The lowest BCUT2D eigenvalue weighted by Crippen LogP contribution is -2.43. The quantitative estimate of drug-likeness (QED) is 0.334. The highest BCUT2D eigenvalue weighted by Crippen LogP contribution is 2.66. The van der Waals surface area contributed by atoms with Gasteiger partial charge in [0.15, 0.2) is 0 Å². The molecule has 2 bridgehead atoms. The van der Waals surface area contributed by atoms with E-state index in [4.69, 9.17) is 18.0 Å². The van der Waals surface area contributed by atoms with Gasteiger partial charge in [0.2, 0.25) is 0 Å². The maximum atomic E-state index is 12.2. The van der Waals surface area contributed by atoms with Gasteiger partial charge in [-0.3, -0.25) is 4.79 Å². The fourth-order valence-electron chi connectivity index (χ4n) is 4.83. The molecule has 26 heavy (non-hydrogen) atoms. The molecule has 2 aliphatic rings. The van der Waals surface area contributed by atoms with E-state index in [0.29, 0.717) is 18.9 Å². The Labute approximate surface area is 159 Å². The molecular formula is C19H37NO5Si. The van der Waals surface area contributed by atoms with Crippen molar-refractivity contribution in [2.75, 3.05) is 34.4 Å². The molecule has 0 aromatic carbocycles. The SMILES string of the molecule is CO[Si](CCCNCCC(=O)OC1CC2CCC1(C)C2(C)C)(OC)OC. The highest BCUT2D eigenvalue weighted by Gasteiger charge is 2.62. The second-order valence-electron chi connectivity index (χ2n) is 8.49. The number of hydrogen-bond acceptors (Lipinski definition) is 6. The number of esters is 1. The molecule has 0 aliphatic heterocycles. The van der Waals surface area contributed by atoms with Gasteiger partial charge >= 0.3 is 14.8 Å². The Morgan fingerprint density at radius 3 is 2.27 bits per heavy atom. The molecule has 1 N–H and O–H groups in total. The maximum absolute atomic E-state index is 12.2. The van der Waals surface area contributed by atoms with E-state index in [2.05, 4.69) is 26.1 Å². The van der Waals surface area contributed by atoms with Crippen LogP contribution in [0, 0.1) is 16.7 Å². The van der Waals surface area contributed by atoms with Crippen molar-refractivity contribution in [3.05, 3.63) is 0 Å². The van der Waals surface area contributed by atoms with Gasteiger partial charge in [-0.15, -0.1) is 0 Å². The average Bonchev–Trinajstić information content (AvgIpc) is 2.95. The number of fused-ring (bicyclic) bond motifs is 2. The molecule has 152 valence electrons. The molecule has 7 heteroatoms. The van der Waals surface area contributed by atoms with E-state index in [1.165, 1.54) is 12.8 Å². The molecule has 6 nitrogen and oxygen atoms in total. The predicted molar refractivity (Wildman–Crippen MR) is 103 cm³/mol. The first-order chi connectivity index (χ1) is 12.2. The summed E-state index contributed by atoms with van der Waals surface area (Å²) in [6.07, 6.45) is 4.85. The van der Waals surface area contributed by atoms with Crippen LogP contribution in [-0.4, -0.2) is 55.3 Å². The van der Waals surface area contributed by atoms with Gasteiger partial charge in [-0.1, -0.05) is 20.8 Å². The zero-order chi connectivity index (χ0) is 19.4. The third-order valence-electron chi connectivity index (χ3n) is 7.26. The summed E-state index contributed by atoms with van der Waals surface area (Å²) in [6, 6.07) is 0.755. The zero-order valence-corrected chi connectivity index (χ0v) is 18.4. The van der Waals surface area contributed by atoms with E-state index in [1.807, 2.05) is 0 Å². The van der Waals surface area contributed by atoms with Crippen LogP contribution in [0.4, 0.5) is 0 Å². The van der Waals surface area contributed by atoms with Gasteiger partial charge in [0.1, 0.15) is 6.10 Å². The molecule has 3 atom stereocenters. The lowest BCUT2D eigenvalue weighted by Gasteiger charge is -2.38. The lowest BCUT2D eigenvalue weighted by molar-refractivity contribution is -0.156. The van der Waals surface area contributed by atoms with Crippen molar-refractivity contribution >= 4 is 14.8 Å². The van der Waals surface area contributed by atoms with E-state index in [-0.39, 0.29) is 22.9 Å². The summed E-state index contributed by atoms with van der Waals surface area (Å²) in [5.74, 6) is 0.608. The summed E-state index contributed by atoms with van der Waals surface area (Å²) in [5.41, 5.74) is 0.409. The minimum absolute atomic E-state index is 0.0820. The Morgan fingerprint density at radius 2 is 1.77 bits per heavy atom. The predicted octanol–water partition coefficient (Wildman–Crippen LogP) is 2.99. The molecule has 0 aromatic rings. The zero-order valence-electron chi connectivity index (χ0n) is 17.4. The van der Waals surface area contributed by atoms with Crippen molar-refractivity contribution in [3.63, 3.8) is 0 Å². The van der Waals surface area contributed by atoms with Crippen LogP contribution in [0.25, 0.3) is 0 Å². The average molecular weight is 388 g/mol. The van der Waals surface area contributed by atoms with Crippen molar-refractivity contribution in [1.29, 1.82) is 0 Å². The number of nitrogens with one attached hydrogen (secondary N) is 1. The van der Waals surface area contributed by atoms with E-state index >= 15 is 0 Å². The van der Waals surface area contributed by atoms with Crippen molar-refractivity contribution in [2.45, 2.75) is 65.0 Å². The molecule has 0 spiro atoms. The smallest absolute Gasteiger partial charge is 0.462 e. The molecule has 3 unspecified atom stereocenters. The highest BCUT2D eigenvalue weighted by atomic mass is 28.4. The first-order valence-corrected chi connectivity index (χ1v) is 11.7. The Bertz CT molecular complexity index is 474. The third-order valence-corrected chi connectivity index (χ3v) is 10.1. The van der Waals surface area contributed by atoms with Crippen LogP contribution in [0.15, 0.2) is 0 Å². The number of ether oxygens (including phenoxy) is 1. The summed E-state index contributed by atoms with van der Waals surface area (Å²) in [5, 5.41) is 3.30. The van der Waals surface area contributed by atoms with Crippen LogP contribution < -0.4 is 5.32 Å². The Balaban J connectivity index is 1.63. The van der Waals surface area contributed by atoms with Gasteiger partial charge in [-0.25, -0.2) is 0 Å². The largest absolute Gasteiger partial charge is 0.500 e. The Kier molecular flexibility index (Phi) is 7.29. The number of carbonyl (C=O) groups excluding carboxylic acids is 1. The fraction of sp³-hybridized carbons (Fsp3) is 0.947. The van der Waals surface area contributed by atoms with Crippen LogP contribution in [-0.2, 0) is 22.8 Å². The van der Waals surface area contributed by atoms with Gasteiger partial charge < -0.3 is 23.3 Å². The highest BCUT2D eigenvalue weighted by molar-refractivity contribution is 6.60. The standard InChI is InChI=1S/C19H37NO5Si/c1-18(2)15-8-10-19(18,3)16(14-15)25-17(21)9-12-20-11-7-13-26(22-4,23-5)24-6/h15-16,20H,7-14H2,1-6H3. The van der Waals surface area contributed by atoms with Gasteiger partial charge in [-0.2, -0.15) is 0 Å². The third kappa shape index (κ3) is 4.17. The van der Waals surface area contributed by atoms with Gasteiger partial charge in [0, 0.05) is 39.3 Å². The lowest BCUT2D eigenvalue weighted by atomic mass is 9.70. The van der Waals surface area contributed by atoms with Gasteiger partial charge in [-0.05, 0) is 43.6 Å². The van der Waals surface area contributed by atoms with Crippen molar-refractivity contribution in [3.8, 4) is 0 Å². The minimum atomic E-state index is -2.49. The van der Waals surface area contributed by atoms with E-state index in [1.54, 1.807) is 21.3 Å². The molecular weight excluding hydrogens is 350 g/mol. The van der Waals surface area contributed by atoms with Crippen LogP contribution in [0.5, 0.6) is 0 Å². The number of carbonyl (C=O) groups is 1. The Hall–Kier alpha value is -0.473. The summed E-state index contributed by atoms with van der Waals surface area (Å²) >= 11 is 0. The number of rotatable bonds is 11. The number of hydrogen-bond donors (Lipinski definition) is 1. The van der Waals surface area contributed by atoms with Crippen molar-refractivity contribution < 1.29 is 22.8 Å². The summed E-state index contributed by atoms with van der Waals surface area (Å²) < 4.78 is 22.1. The molecule has 2 rings (SSSR count). The molecule has 2 saturated carbocycles. The van der Waals surface area contributed by atoms with Crippen LogP contribution in [0.3, 0.4) is 0 Å². The molecule has 0 aromatic heterocycles. The topological polar surface area (TPSA) is 66.0 Å². The first-order valence-electron chi connectivity index (χ1n) is 9.80. The maximum Gasteiger partial charge on any atom is 0.500 e. The van der Waals surface area contributed by atoms with E-state index in [0.717, 1.165) is 25.4 Å². The minimum Gasteiger partial charge on any atom is -0.462 e. The molecule has 0 radical (unpaired) electrons. The molecule has 0 heterocycles. The van der Waals surface area contributed by atoms with Crippen molar-refractivity contribution in [2.24, 2.45) is 16.7 Å². The molecule has 2 fully saturated rings. The van der Waals surface area contributed by atoms with Crippen molar-refractivity contribution in [1.82, 2.24) is 5.32 Å². The molecule has 0 saturated heterocycles. The Morgan fingerprint density at radius 1 is 1.12 bits per heavy atom. The van der Waals surface area contributed by atoms with Crippen LogP contribution in [0.2, 0.25) is 6.04 Å². The monoisotopic (exact) mass is 387 g/mol. The van der Waals surface area contributed by atoms with Crippen LogP contribution >= 0.6 is 0 Å².